The molecule has 1 heterocycles. The lowest BCUT2D eigenvalue weighted by Gasteiger charge is -2.35. The lowest BCUT2D eigenvalue weighted by molar-refractivity contribution is 0.229. The molecule has 106 valence electrons. The van der Waals surface area contributed by atoms with E-state index in [4.69, 9.17) is 0 Å². The van der Waals surface area contributed by atoms with Crippen molar-refractivity contribution < 1.29 is 0 Å². The van der Waals surface area contributed by atoms with Crippen molar-refractivity contribution in [1.82, 2.24) is 9.97 Å². The van der Waals surface area contributed by atoms with Crippen molar-refractivity contribution in [3.63, 3.8) is 0 Å². The molecule has 0 amide bonds. The van der Waals surface area contributed by atoms with E-state index >= 15 is 0 Å². The van der Waals surface area contributed by atoms with E-state index in [2.05, 4.69) is 34.4 Å². The van der Waals surface area contributed by atoms with E-state index in [1.807, 2.05) is 19.4 Å². The van der Waals surface area contributed by atoms with Gasteiger partial charge in [-0.1, -0.05) is 32.0 Å². The molecule has 0 spiro atoms. The molecule has 1 saturated carbocycles. The Labute approximate surface area is 120 Å². The fourth-order valence-corrected chi connectivity index (χ4v) is 3.13. The van der Waals surface area contributed by atoms with Crippen molar-refractivity contribution in [3.8, 4) is 0 Å². The Morgan fingerprint density at radius 3 is 2.68 bits per heavy atom. The number of anilines is 2. The Bertz CT molecular complexity index is 411. The summed E-state index contributed by atoms with van der Waals surface area (Å²) in [6.07, 6.45) is 7.07. The van der Waals surface area contributed by atoms with Crippen LogP contribution in [0, 0.1) is 5.41 Å². The van der Waals surface area contributed by atoms with Gasteiger partial charge in [-0.15, -0.1) is 0 Å². The van der Waals surface area contributed by atoms with Crippen molar-refractivity contribution >= 4 is 23.4 Å². The largest absolute Gasteiger partial charge is 0.373 e. The maximum atomic E-state index is 4.54. The summed E-state index contributed by atoms with van der Waals surface area (Å²) in [6, 6.07) is 2.51. The highest BCUT2D eigenvalue weighted by molar-refractivity contribution is 7.98. The molecule has 2 rings (SSSR count). The Kier molecular flexibility index (Phi) is 4.55. The van der Waals surface area contributed by atoms with Crippen LogP contribution in [0.2, 0.25) is 0 Å². The van der Waals surface area contributed by atoms with Crippen molar-refractivity contribution in [1.29, 1.82) is 0 Å². The van der Waals surface area contributed by atoms with Gasteiger partial charge in [0.25, 0.3) is 0 Å². The van der Waals surface area contributed by atoms with E-state index in [1.54, 1.807) is 11.8 Å². The molecule has 5 heteroatoms. The zero-order valence-electron chi connectivity index (χ0n) is 12.3. The highest BCUT2D eigenvalue weighted by atomic mass is 32.2. The number of hydrogen-bond donors (Lipinski definition) is 2. The van der Waals surface area contributed by atoms with Crippen molar-refractivity contribution in [3.05, 3.63) is 6.07 Å². The van der Waals surface area contributed by atoms with Crippen LogP contribution < -0.4 is 10.6 Å². The van der Waals surface area contributed by atoms with Crippen molar-refractivity contribution in [2.45, 2.75) is 50.7 Å². The Balaban J connectivity index is 2.09. The first-order valence-corrected chi connectivity index (χ1v) is 8.12. The smallest absolute Gasteiger partial charge is 0.191 e. The molecule has 4 nitrogen and oxygen atoms in total. The van der Waals surface area contributed by atoms with E-state index in [1.165, 1.54) is 25.7 Å². The van der Waals surface area contributed by atoms with Gasteiger partial charge in [-0.3, -0.25) is 0 Å². The van der Waals surface area contributed by atoms with Gasteiger partial charge >= 0.3 is 0 Å². The first kappa shape index (κ1) is 14.4. The van der Waals surface area contributed by atoms with Gasteiger partial charge < -0.3 is 10.6 Å². The van der Waals surface area contributed by atoms with Crippen LogP contribution in [0.1, 0.15) is 39.5 Å². The normalized spacial score (nSPS) is 22.0. The van der Waals surface area contributed by atoms with Crippen LogP contribution in [0.25, 0.3) is 0 Å². The summed E-state index contributed by atoms with van der Waals surface area (Å²) in [5.74, 6) is 1.81. The number of hydrogen-bond acceptors (Lipinski definition) is 5. The summed E-state index contributed by atoms with van der Waals surface area (Å²) in [5, 5.41) is 7.48. The van der Waals surface area contributed by atoms with Gasteiger partial charge in [0.1, 0.15) is 11.6 Å². The maximum absolute atomic E-state index is 4.54. The van der Waals surface area contributed by atoms with E-state index in [-0.39, 0.29) is 0 Å². The molecule has 1 unspecified atom stereocenters. The quantitative estimate of drug-likeness (QED) is 0.651. The lowest BCUT2D eigenvalue weighted by atomic mass is 9.75. The van der Waals surface area contributed by atoms with E-state index in [0.29, 0.717) is 11.5 Å². The molecule has 1 aliphatic rings. The summed E-state index contributed by atoms with van der Waals surface area (Å²) in [5.41, 5.74) is 0.442. The average Bonchev–Trinajstić information content (AvgIpc) is 2.37. The van der Waals surface area contributed by atoms with Gasteiger partial charge in [0.2, 0.25) is 0 Å². The molecule has 0 radical (unpaired) electrons. The van der Waals surface area contributed by atoms with Gasteiger partial charge in [-0.2, -0.15) is 0 Å². The van der Waals surface area contributed by atoms with Crippen LogP contribution in [0.15, 0.2) is 11.2 Å². The third kappa shape index (κ3) is 4.00. The molecule has 1 aromatic rings. The summed E-state index contributed by atoms with van der Waals surface area (Å²) < 4.78 is 0. The molecular formula is C14H24N4S. The molecule has 1 aromatic heterocycles. The van der Waals surface area contributed by atoms with Gasteiger partial charge in [0, 0.05) is 19.2 Å². The van der Waals surface area contributed by atoms with E-state index in [9.17, 15) is 0 Å². The number of rotatable bonds is 4. The molecule has 0 aromatic carbocycles. The number of thioether (sulfide) groups is 1. The van der Waals surface area contributed by atoms with Crippen molar-refractivity contribution in [2.24, 2.45) is 5.41 Å². The summed E-state index contributed by atoms with van der Waals surface area (Å²) in [6.45, 7) is 4.71. The van der Waals surface area contributed by atoms with Gasteiger partial charge in [0.15, 0.2) is 5.16 Å². The van der Waals surface area contributed by atoms with E-state index < -0.39 is 0 Å². The van der Waals surface area contributed by atoms with Gasteiger partial charge in [-0.05, 0) is 30.9 Å². The van der Waals surface area contributed by atoms with E-state index in [0.717, 1.165) is 16.8 Å². The molecule has 0 saturated heterocycles. The topological polar surface area (TPSA) is 49.8 Å². The second kappa shape index (κ2) is 5.99. The van der Waals surface area contributed by atoms with Crippen LogP contribution in [0.4, 0.5) is 11.6 Å². The number of nitrogens with one attached hydrogen (secondary N) is 2. The molecule has 1 aliphatic carbocycles. The molecule has 19 heavy (non-hydrogen) atoms. The summed E-state index contributed by atoms with van der Waals surface area (Å²) in [7, 11) is 1.89. The highest BCUT2D eigenvalue weighted by Crippen LogP contribution is 2.36. The molecule has 1 fully saturated rings. The Morgan fingerprint density at radius 1 is 1.32 bits per heavy atom. The Morgan fingerprint density at radius 2 is 2.05 bits per heavy atom. The van der Waals surface area contributed by atoms with Crippen molar-refractivity contribution in [2.75, 3.05) is 23.9 Å². The second-order valence-corrected chi connectivity index (χ2v) is 6.75. The standard InChI is InChI=1S/C14H24N4S/c1-14(2)7-5-6-10(9-14)16-12-8-11(15-3)17-13(18-12)19-4/h8,10H,5-7,9H2,1-4H3,(H2,15,16,17,18). The predicted octanol–water partition coefficient (Wildman–Crippen LogP) is 3.62. The third-order valence-electron chi connectivity index (χ3n) is 3.70. The Hall–Kier alpha value is -0.970. The molecule has 2 N–H and O–H groups in total. The summed E-state index contributed by atoms with van der Waals surface area (Å²) >= 11 is 1.57. The zero-order valence-corrected chi connectivity index (χ0v) is 13.1. The van der Waals surface area contributed by atoms with Crippen LogP contribution in [0.3, 0.4) is 0 Å². The monoisotopic (exact) mass is 280 g/mol. The lowest BCUT2D eigenvalue weighted by Crippen LogP contribution is -2.32. The molecular weight excluding hydrogens is 256 g/mol. The minimum atomic E-state index is 0.442. The number of aromatic nitrogens is 2. The third-order valence-corrected chi connectivity index (χ3v) is 4.25. The zero-order chi connectivity index (χ0) is 13.9. The van der Waals surface area contributed by atoms with Crippen LogP contribution >= 0.6 is 11.8 Å². The SMILES string of the molecule is CNc1cc(NC2CCCC(C)(C)C2)nc(SC)n1. The minimum Gasteiger partial charge on any atom is -0.373 e. The fourth-order valence-electron chi connectivity index (χ4n) is 2.75. The highest BCUT2D eigenvalue weighted by Gasteiger charge is 2.28. The maximum Gasteiger partial charge on any atom is 0.191 e. The minimum absolute atomic E-state index is 0.442. The molecule has 0 bridgehead atoms. The number of nitrogens with zero attached hydrogens (tertiary/aromatic N) is 2. The van der Waals surface area contributed by atoms with Gasteiger partial charge in [0.05, 0.1) is 0 Å². The van der Waals surface area contributed by atoms with Gasteiger partial charge in [-0.25, -0.2) is 9.97 Å². The predicted molar refractivity (Wildman–Crippen MR) is 83.0 cm³/mol. The summed E-state index contributed by atoms with van der Waals surface area (Å²) in [4.78, 5) is 8.94. The van der Waals surface area contributed by atoms with Crippen LogP contribution in [0.5, 0.6) is 0 Å². The molecule has 0 aliphatic heterocycles. The first-order valence-electron chi connectivity index (χ1n) is 6.90. The molecule has 1 atom stereocenters. The fraction of sp³-hybridized carbons (Fsp3) is 0.714. The average molecular weight is 280 g/mol. The van der Waals surface area contributed by atoms with Crippen LogP contribution in [-0.4, -0.2) is 29.3 Å². The first-order chi connectivity index (χ1) is 9.02. The van der Waals surface area contributed by atoms with Crippen LogP contribution in [-0.2, 0) is 0 Å². The second-order valence-electron chi connectivity index (χ2n) is 5.98.